The zero-order valence-electron chi connectivity index (χ0n) is 14.4. The van der Waals surface area contributed by atoms with Crippen molar-refractivity contribution in [2.75, 3.05) is 19.0 Å². The molecule has 0 saturated heterocycles. The van der Waals surface area contributed by atoms with Gasteiger partial charge in [0.1, 0.15) is 16.4 Å². The first kappa shape index (κ1) is 19.2. The number of carbonyl (C=O) groups excluding carboxylic acids is 2. The molecule has 0 saturated carbocycles. The van der Waals surface area contributed by atoms with E-state index in [0.717, 1.165) is 17.4 Å². The zero-order valence-corrected chi connectivity index (χ0v) is 15.2. The van der Waals surface area contributed by atoms with E-state index in [2.05, 4.69) is 5.32 Å². The molecule has 28 heavy (non-hydrogen) atoms. The van der Waals surface area contributed by atoms with Gasteiger partial charge in [0.25, 0.3) is 11.6 Å². The molecule has 0 atom stereocenters. The number of esters is 1. The number of anilines is 1. The summed E-state index contributed by atoms with van der Waals surface area (Å²) >= 11 is 1.06. The molecule has 8 nitrogen and oxygen atoms in total. The van der Waals surface area contributed by atoms with Gasteiger partial charge in [-0.1, -0.05) is 6.07 Å². The van der Waals surface area contributed by atoms with Gasteiger partial charge in [-0.25, -0.2) is 9.18 Å². The van der Waals surface area contributed by atoms with Gasteiger partial charge in [0, 0.05) is 16.2 Å². The zero-order chi connectivity index (χ0) is 20.3. The molecular weight excluding hydrogens is 391 g/mol. The summed E-state index contributed by atoms with van der Waals surface area (Å²) in [4.78, 5) is 34.5. The Morgan fingerprint density at radius 3 is 2.71 bits per heavy atom. The van der Waals surface area contributed by atoms with Crippen LogP contribution >= 0.6 is 11.3 Å². The number of non-ortho nitro benzene ring substituents is 1. The standard InChI is InChI=1S/C18H13FN2O6S/c1-26-14-7-10(21(24)25)5-6-13(14)20-17(22)9-27-18(23)16-8-11-12(19)3-2-4-15(11)28-16/h2-8H,9H2,1H3,(H,20,22). The highest BCUT2D eigenvalue weighted by Gasteiger charge is 2.17. The molecule has 0 aliphatic heterocycles. The van der Waals surface area contributed by atoms with E-state index in [1.54, 1.807) is 6.07 Å². The fraction of sp³-hybridized carbons (Fsp3) is 0.111. The van der Waals surface area contributed by atoms with Crippen LogP contribution in [0.3, 0.4) is 0 Å². The summed E-state index contributed by atoms with van der Waals surface area (Å²) in [5.41, 5.74) is -0.00338. The highest BCUT2D eigenvalue weighted by Crippen LogP contribution is 2.29. The number of nitro benzene ring substituents is 1. The van der Waals surface area contributed by atoms with Gasteiger partial charge in [0.05, 0.1) is 23.8 Å². The van der Waals surface area contributed by atoms with Crippen molar-refractivity contribution in [1.29, 1.82) is 0 Å². The first-order valence-electron chi connectivity index (χ1n) is 7.86. The Bertz CT molecular complexity index is 1080. The lowest BCUT2D eigenvalue weighted by atomic mass is 10.2. The van der Waals surface area contributed by atoms with Crippen LogP contribution in [0.2, 0.25) is 0 Å². The first-order chi connectivity index (χ1) is 13.4. The lowest BCUT2D eigenvalue weighted by Gasteiger charge is -2.10. The largest absolute Gasteiger partial charge is 0.494 e. The molecule has 2 aromatic carbocycles. The lowest BCUT2D eigenvalue weighted by molar-refractivity contribution is -0.384. The molecule has 10 heteroatoms. The Labute approximate surface area is 161 Å². The molecule has 1 N–H and O–H groups in total. The number of nitrogens with zero attached hydrogens (tertiary/aromatic N) is 1. The third-order valence-electron chi connectivity index (χ3n) is 3.71. The molecule has 1 amide bonds. The number of nitrogens with one attached hydrogen (secondary N) is 1. The number of rotatable bonds is 6. The van der Waals surface area contributed by atoms with Gasteiger partial charge in [0.2, 0.25) is 0 Å². The SMILES string of the molecule is COc1cc([N+](=O)[O-])ccc1NC(=O)COC(=O)c1cc2c(F)cccc2s1. The van der Waals surface area contributed by atoms with Crippen LogP contribution in [0.1, 0.15) is 9.67 Å². The summed E-state index contributed by atoms with van der Waals surface area (Å²) in [5, 5.41) is 13.5. The maximum Gasteiger partial charge on any atom is 0.348 e. The summed E-state index contributed by atoms with van der Waals surface area (Å²) < 4.78 is 24.3. The van der Waals surface area contributed by atoms with E-state index in [-0.39, 0.29) is 22.0 Å². The molecule has 1 aromatic heterocycles. The predicted octanol–water partition coefficient (Wildman–Crippen LogP) is 3.75. The van der Waals surface area contributed by atoms with E-state index < -0.39 is 29.2 Å². The van der Waals surface area contributed by atoms with Crippen LogP contribution in [0, 0.1) is 15.9 Å². The number of methoxy groups -OCH3 is 1. The summed E-state index contributed by atoms with van der Waals surface area (Å²) in [6.07, 6.45) is 0. The number of amides is 1. The van der Waals surface area contributed by atoms with Crippen LogP contribution in [0.5, 0.6) is 5.75 Å². The summed E-state index contributed by atoms with van der Waals surface area (Å²) in [5.74, 6) is -1.77. The maximum absolute atomic E-state index is 13.7. The van der Waals surface area contributed by atoms with Gasteiger partial charge in [0.15, 0.2) is 6.61 Å². The third kappa shape index (κ3) is 4.07. The van der Waals surface area contributed by atoms with Gasteiger partial charge in [-0.15, -0.1) is 11.3 Å². The van der Waals surface area contributed by atoms with Crippen LogP contribution in [-0.4, -0.2) is 30.5 Å². The second-order valence-corrected chi connectivity index (χ2v) is 6.61. The Morgan fingerprint density at radius 2 is 2.04 bits per heavy atom. The number of thiophene rings is 1. The van der Waals surface area contributed by atoms with Crippen LogP contribution < -0.4 is 10.1 Å². The average molecular weight is 404 g/mol. The minimum Gasteiger partial charge on any atom is -0.494 e. The number of halogens is 1. The van der Waals surface area contributed by atoms with E-state index in [4.69, 9.17) is 9.47 Å². The van der Waals surface area contributed by atoms with Crippen molar-refractivity contribution < 1.29 is 28.4 Å². The summed E-state index contributed by atoms with van der Waals surface area (Å²) in [7, 11) is 1.30. The van der Waals surface area contributed by atoms with Crippen molar-refractivity contribution in [3.05, 3.63) is 63.3 Å². The third-order valence-corrected chi connectivity index (χ3v) is 4.79. The van der Waals surface area contributed by atoms with Crippen molar-refractivity contribution in [3.8, 4) is 5.75 Å². The van der Waals surface area contributed by atoms with Crippen LogP contribution in [0.25, 0.3) is 10.1 Å². The Morgan fingerprint density at radius 1 is 1.25 bits per heavy atom. The topological polar surface area (TPSA) is 108 Å². The molecule has 0 aliphatic carbocycles. The summed E-state index contributed by atoms with van der Waals surface area (Å²) in [6.45, 7) is -0.588. The number of fused-ring (bicyclic) bond motifs is 1. The number of ether oxygens (including phenoxy) is 2. The smallest absolute Gasteiger partial charge is 0.348 e. The molecule has 144 valence electrons. The van der Waals surface area contributed by atoms with E-state index >= 15 is 0 Å². The monoisotopic (exact) mass is 404 g/mol. The highest BCUT2D eigenvalue weighted by molar-refractivity contribution is 7.20. The van der Waals surface area contributed by atoms with Gasteiger partial charge < -0.3 is 14.8 Å². The van der Waals surface area contributed by atoms with Gasteiger partial charge in [-0.05, 0) is 24.3 Å². The lowest BCUT2D eigenvalue weighted by Crippen LogP contribution is -2.21. The molecule has 1 heterocycles. The molecule has 0 spiro atoms. The Hall–Kier alpha value is -3.53. The number of hydrogen-bond acceptors (Lipinski definition) is 7. The number of hydrogen-bond donors (Lipinski definition) is 1. The van der Waals surface area contributed by atoms with E-state index in [1.807, 2.05) is 0 Å². The quantitative estimate of drug-likeness (QED) is 0.381. The average Bonchev–Trinajstić information content (AvgIpc) is 3.12. The number of carbonyl (C=O) groups is 2. The molecular formula is C18H13FN2O6S. The van der Waals surface area contributed by atoms with Crippen LogP contribution in [0.15, 0.2) is 42.5 Å². The minimum absolute atomic E-state index is 0.0915. The van der Waals surface area contributed by atoms with Crippen molar-refractivity contribution in [2.45, 2.75) is 0 Å². The first-order valence-corrected chi connectivity index (χ1v) is 8.68. The van der Waals surface area contributed by atoms with Gasteiger partial charge in [-0.3, -0.25) is 14.9 Å². The highest BCUT2D eigenvalue weighted by atomic mass is 32.1. The van der Waals surface area contributed by atoms with Crippen molar-refractivity contribution in [3.63, 3.8) is 0 Å². The van der Waals surface area contributed by atoms with Crippen LogP contribution in [0.4, 0.5) is 15.8 Å². The molecule has 0 bridgehead atoms. The van der Waals surface area contributed by atoms with Crippen molar-refractivity contribution in [2.24, 2.45) is 0 Å². The van der Waals surface area contributed by atoms with Gasteiger partial charge in [-0.2, -0.15) is 0 Å². The molecule has 3 aromatic rings. The fourth-order valence-corrected chi connectivity index (χ4v) is 3.38. The van der Waals surface area contributed by atoms with Gasteiger partial charge >= 0.3 is 5.97 Å². The Balaban J connectivity index is 1.64. The fourth-order valence-electron chi connectivity index (χ4n) is 2.41. The molecule has 0 aliphatic rings. The normalized spacial score (nSPS) is 10.5. The maximum atomic E-state index is 13.7. The van der Waals surface area contributed by atoms with E-state index in [1.165, 1.54) is 37.4 Å². The number of benzene rings is 2. The van der Waals surface area contributed by atoms with Crippen molar-refractivity contribution in [1.82, 2.24) is 0 Å². The van der Waals surface area contributed by atoms with E-state index in [0.29, 0.717) is 10.1 Å². The molecule has 3 rings (SSSR count). The summed E-state index contributed by atoms with van der Waals surface area (Å²) in [6, 6.07) is 9.54. The molecule has 0 unspecified atom stereocenters. The predicted molar refractivity (Wildman–Crippen MR) is 100 cm³/mol. The Kier molecular flexibility index (Phi) is 5.50. The van der Waals surface area contributed by atoms with E-state index in [9.17, 15) is 24.1 Å². The second kappa shape index (κ2) is 8.01. The molecule has 0 fully saturated rings. The second-order valence-electron chi connectivity index (χ2n) is 5.53. The molecule has 0 radical (unpaired) electrons. The van der Waals surface area contributed by atoms with Crippen LogP contribution in [-0.2, 0) is 9.53 Å². The minimum atomic E-state index is -0.758. The number of nitro groups is 1. The van der Waals surface area contributed by atoms with Crippen molar-refractivity contribution >= 4 is 44.7 Å².